The van der Waals surface area contributed by atoms with E-state index in [1.165, 1.54) is 0 Å². The van der Waals surface area contributed by atoms with Crippen LogP contribution in [0.1, 0.15) is 39.5 Å². The Labute approximate surface area is 164 Å². The topological polar surface area (TPSA) is 50.7 Å². The van der Waals surface area contributed by atoms with Gasteiger partial charge in [0.25, 0.3) is 0 Å². The number of carbonyl (C=O) groups is 1. The summed E-state index contributed by atoms with van der Waals surface area (Å²) in [6.07, 6.45) is 4.85. The third-order valence-electron chi connectivity index (χ3n) is 4.32. The van der Waals surface area contributed by atoms with Gasteiger partial charge in [0.2, 0.25) is 5.91 Å². The summed E-state index contributed by atoms with van der Waals surface area (Å²) < 4.78 is 5.57. The van der Waals surface area contributed by atoms with Crippen LogP contribution in [0, 0.1) is 5.92 Å². The number of hydrogen-bond acceptors (Lipinski definition) is 3. The van der Waals surface area contributed by atoms with E-state index in [9.17, 15) is 4.79 Å². The minimum absolute atomic E-state index is 0.131. The van der Waals surface area contributed by atoms with Crippen LogP contribution in [-0.4, -0.2) is 18.2 Å². The summed E-state index contributed by atoms with van der Waals surface area (Å²) in [5.74, 6) is 0.825. The number of rotatable bonds is 7. The maximum Gasteiger partial charge on any atom is 0.240 e. The lowest BCUT2D eigenvalue weighted by molar-refractivity contribution is -0.121. The molecule has 1 aliphatic rings. The fourth-order valence-electron chi connectivity index (χ4n) is 2.62. The van der Waals surface area contributed by atoms with Crippen molar-refractivity contribution in [3.05, 3.63) is 52.0 Å². The molecule has 0 saturated carbocycles. The number of nitrogens with zero attached hydrogens (tertiary/aromatic N) is 1. The smallest absolute Gasteiger partial charge is 0.240 e. The summed E-state index contributed by atoms with van der Waals surface area (Å²) >= 11 is 11.9. The molecule has 2 rings (SSSR count). The standard InChI is InChI=1S/C20H24Cl2N2O2/c1-13(2)15-7-6-14(3)18(11-15)23-24-20(25)5-4-10-26-19-9-8-16(21)12-17(19)22/h6,8-9,12,15H,1,4-5,7,10-11H2,2-3H3,(H,24,25)/b23-18-/t15-/m0/s1. The molecule has 0 spiro atoms. The number of hydrazone groups is 1. The Morgan fingerprint density at radius 3 is 2.88 bits per heavy atom. The van der Waals surface area contributed by atoms with E-state index in [0.29, 0.717) is 41.2 Å². The van der Waals surface area contributed by atoms with Crippen molar-refractivity contribution in [1.29, 1.82) is 0 Å². The predicted octanol–water partition coefficient (Wildman–Crippen LogP) is 5.56. The van der Waals surface area contributed by atoms with Gasteiger partial charge in [-0.15, -0.1) is 0 Å². The summed E-state index contributed by atoms with van der Waals surface area (Å²) in [5.41, 5.74) is 5.82. The molecule has 0 heterocycles. The molecule has 1 N–H and O–H groups in total. The number of benzene rings is 1. The van der Waals surface area contributed by atoms with Crippen molar-refractivity contribution in [3.63, 3.8) is 0 Å². The molecule has 0 bridgehead atoms. The summed E-state index contributed by atoms with van der Waals surface area (Å²) in [7, 11) is 0. The highest BCUT2D eigenvalue weighted by molar-refractivity contribution is 6.35. The third kappa shape index (κ3) is 6.19. The maximum absolute atomic E-state index is 12.0. The van der Waals surface area contributed by atoms with Gasteiger partial charge in [0, 0.05) is 11.4 Å². The number of amides is 1. The molecule has 4 nitrogen and oxygen atoms in total. The molecule has 1 aromatic carbocycles. The molecule has 1 aliphatic carbocycles. The second kappa shape index (κ2) is 9.79. The Morgan fingerprint density at radius 1 is 1.42 bits per heavy atom. The van der Waals surface area contributed by atoms with E-state index in [2.05, 4.69) is 23.2 Å². The zero-order valence-corrected chi connectivity index (χ0v) is 16.7. The number of carbonyl (C=O) groups excluding carboxylic acids is 1. The van der Waals surface area contributed by atoms with Gasteiger partial charge in [0.1, 0.15) is 5.75 Å². The van der Waals surface area contributed by atoms with Gasteiger partial charge in [-0.05, 0) is 62.8 Å². The zero-order chi connectivity index (χ0) is 19.1. The largest absolute Gasteiger partial charge is 0.492 e. The first-order valence-corrected chi connectivity index (χ1v) is 9.38. The van der Waals surface area contributed by atoms with Crippen molar-refractivity contribution in [2.45, 2.75) is 39.5 Å². The molecule has 1 aromatic rings. The SMILES string of the molecule is C=C(C)[C@H]1CC=C(C)/C(=N\NC(=O)CCCOc2ccc(Cl)cc2Cl)C1. The van der Waals surface area contributed by atoms with Crippen molar-refractivity contribution in [2.24, 2.45) is 11.0 Å². The van der Waals surface area contributed by atoms with E-state index in [1.807, 2.05) is 13.8 Å². The molecular weight excluding hydrogens is 371 g/mol. The first-order valence-electron chi connectivity index (χ1n) is 8.62. The van der Waals surface area contributed by atoms with E-state index < -0.39 is 0 Å². The minimum atomic E-state index is -0.131. The van der Waals surface area contributed by atoms with E-state index in [0.717, 1.165) is 29.7 Å². The summed E-state index contributed by atoms with van der Waals surface area (Å²) in [4.78, 5) is 12.0. The van der Waals surface area contributed by atoms with Crippen molar-refractivity contribution < 1.29 is 9.53 Å². The summed E-state index contributed by atoms with van der Waals surface area (Å²) in [6, 6.07) is 5.05. The summed E-state index contributed by atoms with van der Waals surface area (Å²) in [5, 5.41) is 5.30. The molecule has 0 fully saturated rings. The van der Waals surface area contributed by atoms with Crippen molar-refractivity contribution >= 4 is 34.8 Å². The van der Waals surface area contributed by atoms with Gasteiger partial charge in [0.15, 0.2) is 0 Å². The molecule has 0 aliphatic heterocycles. The zero-order valence-electron chi connectivity index (χ0n) is 15.1. The molecule has 140 valence electrons. The monoisotopic (exact) mass is 394 g/mol. The number of nitrogens with one attached hydrogen (secondary N) is 1. The lowest BCUT2D eigenvalue weighted by atomic mass is 9.85. The Balaban J connectivity index is 1.75. The average Bonchev–Trinajstić information content (AvgIpc) is 2.59. The molecule has 1 atom stereocenters. The Bertz CT molecular complexity index is 741. The average molecular weight is 395 g/mol. The molecule has 0 radical (unpaired) electrons. The van der Waals surface area contributed by atoms with Gasteiger partial charge in [0.05, 0.1) is 17.3 Å². The van der Waals surface area contributed by atoms with Crippen LogP contribution in [-0.2, 0) is 4.79 Å². The van der Waals surface area contributed by atoms with Gasteiger partial charge >= 0.3 is 0 Å². The Morgan fingerprint density at radius 2 is 2.19 bits per heavy atom. The quantitative estimate of drug-likeness (QED) is 0.374. The molecular formula is C20H24Cl2N2O2. The lowest BCUT2D eigenvalue weighted by Crippen LogP contribution is -2.23. The lowest BCUT2D eigenvalue weighted by Gasteiger charge is -2.22. The molecule has 1 amide bonds. The fourth-order valence-corrected chi connectivity index (χ4v) is 3.08. The van der Waals surface area contributed by atoms with Crippen LogP contribution in [0.2, 0.25) is 10.0 Å². The number of hydrogen-bond donors (Lipinski definition) is 1. The van der Waals surface area contributed by atoms with Gasteiger partial charge < -0.3 is 4.74 Å². The van der Waals surface area contributed by atoms with Gasteiger partial charge in [-0.3, -0.25) is 4.79 Å². The van der Waals surface area contributed by atoms with Gasteiger partial charge in [-0.2, -0.15) is 5.10 Å². The van der Waals surface area contributed by atoms with Gasteiger partial charge in [-0.25, -0.2) is 5.43 Å². The Hall–Kier alpha value is -1.78. The van der Waals surface area contributed by atoms with Crippen LogP contribution in [0.15, 0.2) is 47.1 Å². The van der Waals surface area contributed by atoms with Crippen LogP contribution in [0.3, 0.4) is 0 Å². The Kier molecular flexibility index (Phi) is 7.73. The van der Waals surface area contributed by atoms with Crippen molar-refractivity contribution in [1.82, 2.24) is 5.43 Å². The van der Waals surface area contributed by atoms with Gasteiger partial charge in [-0.1, -0.05) is 41.4 Å². The highest BCUT2D eigenvalue weighted by atomic mass is 35.5. The molecule has 6 heteroatoms. The highest BCUT2D eigenvalue weighted by Gasteiger charge is 2.18. The first kappa shape index (κ1) is 20.5. The van der Waals surface area contributed by atoms with E-state index >= 15 is 0 Å². The van der Waals surface area contributed by atoms with Crippen LogP contribution in [0.4, 0.5) is 0 Å². The third-order valence-corrected chi connectivity index (χ3v) is 4.85. The maximum atomic E-state index is 12.0. The predicted molar refractivity (Wildman–Crippen MR) is 108 cm³/mol. The molecule has 26 heavy (non-hydrogen) atoms. The molecule has 0 saturated heterocycles. The second-order valence-electron chi connectivity index (χ2n) is 6.49. The minimum Gasteiger partial charge on any atom is -0.492 e. The van der Waals surface area contributed by atoms with Crippen LogP contribution >= 0.6 is 23.2 Å². The second-order valence-corrected chi connectivity index (χ2v) is 7.33. The number of halogens is 2. The number of allylic oxidation sites excluding steroid dienone is 3. The van der Waals surface area contributed by atoms with Crippen LogP contribution < -0.4 is 10.2 Å². The van der Waals surface area contributed by atoms with Crippen molar-refractivity contribution in [2.75, 3.05) is 6.61 Å². The normalized spacial score (nSPS) is 18.4. The summed E-state index contributed by atoms with van der Waals surface area (Å²) in [6.45, 7) is 8.46. The van der Waals surface area contributed by atoms with E-state index in [-0.39, 0.29) is 5.91 Å². The van der Waals surface area contributed by atoms with E-state index in [1.54, 1.807) is 18.2 Å². The number of ether oxygens (including phenoxy) is 1. The first-order chi connectivity index (χ1) is 12.4. The van der Waals surface area contributed by atoms with Crippen LogP contribution in [0.5, 0.6) is 5.75 Å². The van der Waals surface area contributed by atoms with Crippen LogP contribution in [0.25, 0.3) is 0 Å². The highest BCUT2D eigenvalue weighted by Crippen LogP contribution is 2.28. The fraction of sp³-hybridized carbons (Fsp3) is 0.400. The molecule has 0 aromatic heterocycles. The van der Waals surface area contributed by atoms with E-state index in [4.69, 9.17) is 27.9 Å². The van der Waals surface area contributed by atoms with Crippen molar-refractivity contribution in [3.8, 4) is 5.75 Å². The molecule has 0 unspecified atom stereocenters.